The summed E-state index contributed by atoms with van der Waals surface area (Å²) in [6.07, 6.45) is 4.33. The summed E-state index contributed by atoms with van der Waals surface area (Å²) < 4.78 is 7.64. The Bertz CT molecular complexity index is 1250. The van der Waals surface area contributed by atoms with Crippen LogP contribution in [0.25, 0.3) is 0 Å². The molecular weight excluding hydrogens is 496 g/mol. The number of fused-ring (bicyclic) bond motifs is 1. The van der Waals surface area contributed by atoms with Crippen molar-refractivity contribution in [2.75, 3.05) is 6.61 Å². The number of aliphatic imine (C=N–C) groups is 1. The number of rotatable bonds is 5. The third kappa shape index (κ3) is 6.39. The van der Waals surface area contributed by atoms with Gasteiger partial charge in [0.15, 0.2) is 16.7 Å². The van der Waals surface area contributed by atoms with Crippen LogP contribution in [0.4, 0.5) is 5.00 Å². The van der Waals surface area contributed by atoms with Gasteiger partial charge in [-0.1, -0.05) is 43.1 Å². The van der Waals surface area contributed by atoms with E-state index >= 15 is 0 Å². The fourth-order valence-electron chi connectivity index (χ4n) is 5.33. The lowest BCUT2D eigenvalue weighted by Crippen LogP contribution is -2.50. The van der Waals surface area contributed by atoms with Crippen molar-refractivity contribution >= 4 is 33.9 Å². The van der Waals surface area contributed by atoms with Crippen LogP contribution in [-0.4, -0.2) is 51.1 Å². The van der Waals surface area contributed by atoms with Crippen molar-refractivity contribution in [3.8, 4) is 11.8 Å². The summed E-state index contributed by atoms with van der Waals surface area (Å²) in [5.74, 6) is 6.66. The monoisotopic (exact) mass is 541 g/mol. The molecule has 0 bridgehead atoms. The molecule has 1 aliphatic heterocycles. The number of amidine groups is 1. The number of carbonyl (C=O) groups excluding carboxylic acids is 1. The molecule has 0 aromatic carbocycles. The second kappa shape index (κ2) is 11.0. The Labute approximate surface area is 232 Å². The van der Waals surface area contributed by atoms with Crippen molar-refractivity contribution in [2.45, 2.75) is 105 Å². The predicted molar refractivity (Wildman–Crippen MR) is 156 cm³/mol. The first-order valence-corrected chi connectivity index (χ1v) is 14.2. The van der Waals surface area contributed by atoms with Crippen LogP contribution in [0.15, 0.2) is 16.6 Å². The maximum Gasteiger partial charge on any atom is 0.309 e. The molecular formula is C30H45N4O3S+. The number of aliphatic hydroxyl groups excluding tert-OH is 1. The van der Waals surface area contributed by atoms with Crippen molar-refractivity contribution in [1.82, 2.24) is 0 Å². The molecule has 0 spiro atoms. The second-order valence-corrected chi connectivity index (χ2v) is 13.7. The molecule has 1 aliphatic carbocycles. The molecule has 2 aliphatic rings. The molecule has 1 aromatic rings. The summed E-state index contributed by atoms with van der Waals surface area (Å²) in [6.45, 7) is 18.2. The van der Waals surface area contributed by atoms with Crippen LogP contribution in [0.3, 0.4) is 0 Å². The number of aliphatic hydroxyl groups is 1. The van der Waals surface area contributed by atoms with Crippen LogP contribution >= 0.6 is 11.3 Å². The van der Waals surface area contributed by atoms with Crippen LogP contribution < -0.4 is 11.5 Å². The van der Waals surface area contributed by atoms with Gasteiger partial charge in [0, 0.05) is 22.3 Å². The van der Waals surface area contributed by atoms with Gasteiger partial charge in [-0.25, -0.2) is 4.58 Å². The predicted octanol–water partition coefficient (Wildman–Crippen LogP) is 4.71. The van der Waals surface area contributed by atoms with E-state index in [1.807, 2.05) is 39.2 Å². The molecule has 5 N–H and O–H groups in total. The summed E-state index contributed by atoms with van der Waals surface area (Å²) in [5, 5.41) is 10.1. The highest BCUT2D eigenvalue weighted by molar-refractivity contribution is 7.15. The molecule has 3 atom stereocenters. The summed E-state index contributed by atoms with van der Waals surface area (Å²) >= 11 is 1.67. The molecule has 0 saturated heterocycles. The van der Waals surface area contributed by atoms with E-state index < -0.39 is 17.3 Å². The lowest BCUT2D eigenvalue weighted by molar-refractivity contribution is -0.522. The smallest absolute Gasteiger partial charge is 0.309 e. The SMILES string of the molecule is Cc1sc2c(c1C)C(C1(C)CC=C(C#CCCO)C(C)C1)=N[C@@H](CC(=O)OC(C)(C)C)C(N)=[N+]2C(C)(C)N. The van der Waals surface area contributed by atoms with Crippen LogP contribution in [0.2, 0.25) is 0 Å². The van der Waals surface area contributed by atoms with Gasteiger partial charge in [-0.15, -0.1) is 0 Å². The van der Waals surface area contributed by atoms with E-state index in [2.05, 4.69) is 45.6 Å². The largest absolute Gasteiger partial charge is 0.460 e. The first kappa shape index (κ1) is 30.1. The van der Waals surface area contributed by atoms with Crippen LogP contribution in [0.5, 0.6) is 0 Å². The highest BCUT2D eigenvalue weighted by Crippen LogP contribution is 2.47. The molecule has 3 rings (SSSR count). The van der Waals surface area contributed by atoms with E-state index in [1.54, 1.807) is 11.3 Å². The molecule has 8 heteroatoms. The number of allylic oxidation sites excluding steroid dienone is 2. The normalized spacial score (nSPS) is 24.1. The average molecular weight is 542 g/mol. The second-order valence-electron chi connectivity index (χ2n) is 12.5. The zero-order chi connectivity index (χ0) is 28.6. The zero-order valence-electron chi connectivity index (χ0n) is 24.5. The number of hydrogen-bond acceptors (Lipinski definition) is 7. The number of hydrogen-bond donors (Lipinski definition) is 3. The Morgan fingerprint density at radius 2 is 1.97 bits per heavy atom. The Balaban J connectivity index is 2.21. The van der Waals surface area contributed by atoms with Gasteiger partial charge in [0.1, 0.15) is 5.60 Å². The average Bonchev–Trinajstić information content (AvgIpc) is 2.96. The Kier molecular flexibility index (Phi) is 8.67. The van der Waals surface area contributed by atoms with E-state index in [1.165, 1.54) is 4.88 Å². The molecule has 38 heavy (non-hydrogen) atoms. The van der Waals surface area contributed by atoms with Crippen molar-refractivity contribution in [2.24, 2.45) is 27.8 Å². The molecule has 0 fully saturated rings. The molecule has 2 unspecified atom stereocenters. The Morgan fingerprint density at radius 3 is 2.53 bits per heavy atom. The maximum atomic E-state index is 13.0. The van der Waals surface area contributed by atoms with Crippen molar-refractivity contribution < 1.29 is 19.2 Å². The number of thiophene rings is 1. The summed E-state index contributed by atoms with van der Waals surface area (Å²) in [6, 6.07) is -0.608. The van der Waals surface area contributed by atoms with Gasteiger partial charge in [0.2, 0.25) is 0 Å². The first-order chi connectivity index (χ1) is 17.5. The third-order valence-electron chi connectivity index (χ3n) is 7.15. The lowest BCUT2D eigenvalue weighted by atomic mass is 9.67. The van der Waals surface area contributed by atoms with Gasteiger partial charge in [0.25, 0.3) is 5.84 Å². The van der Waals surface area contributed by atoms with Crippen LogP contribution in [-0.2, 0) is 9.53 Å². The minimum atomic E-state index is -0.810. The van der Waals surface area contributed by atoms with E-state index in [-0.39, 0.29) is 30.3 Å². The van der Waals surface area contributed by atoms with E-state index in [9.17, 15) is 4.79 Å². The van der Waals surface area contributed by atoms with Gasteiger partial charge < -0.3 is 9.84 Å². The Morgan fingerprint density at radius 1 is 1.32 bits per heavy atom. The highest BCUT2D eigenvalue weighted by Gasteiger charge is 2.45. The number of esters is 1. The first-order valence-electron chi connectivity index (χ1n) is 13.4. The summed E-state index contributed by atoms with van der Waals surface area (Å²) in [5.41, 5.74) is 16.1. The van der Waals surface area contributed by atoms with E-state index in [0.29, 0.717) is 12.3 Å². The summed E-state index contributed by atoms with van der Waals surface area (Å²) in [7, 11) is 0. The maximum absolute atomic E-state index is 13.0. The number of carbonyl (C=O) groups is 1. The van der Waals surface area contributed by atoms with Crippen LogP contribution in [0, 0.1) is 37.0 Å². The summed E-state index contributed by atoms with van der Waals surface area (Å²) in [4.78, 5) is 19.5. The molecule has 1 aromatic heterocycles. The molecule has 208 valence electrons. The van der Waals surface area contributed by atoms with Crippen molar-refractivity contribution in [3.63, 3.8) is 0 Å². The zero-order valence-corrected chi connectivity index (χ0v) is 25.3. The third-order valence-corrected chi connectivity index (χ3v) is 8.34. The van der Waals surface area contributed by atoms with Crippen LogP contribution in [0.1, 0.15) is 90.2 Å². The van der Waals surface area contributed by atoms with Gasteiger partial charge >= 0.3 is 5.97 Å². The molecule has 2 heterocycles. The van der Waals surface area contributed by atoms with Gasteiger partial charge in [0.05, 0.1) is 24.3 Å². The molecule has 7 nitrogen and oxygen atoms in total. The van der Waals surface area contributed by atoms with E-state index in [0.717, 1.165) is 40.3 Å². The number of nitrogens with two attached hydrogens (primary N) is 2. The molecule has 0 saturated carbocycles. The fraction of sp³-hybridized carbons (Fsp3) is 0.633. The highest BCUT2D eigenvalue weighted by atomic mass is 32.1. The van der Waals surface area contributed by atoms with Gasteiger partial charge in [-0.3, -0.25) is 21.3 Å². The van der Waals surface area contributed by atoms with Gasteiger partial charge in [-0.2, -0.15) is 0 Å². The number of aryl methyl sites for hydroxylation is 1. The lowest BCUT2D eigenvalue weighted by Gasteiger charge is -2.37. The molecule has 0 radical (unpaired) electrons. The standard InChI is InChI=1S/C30H44N4O3S/c1-18-17-30(9,14-13-21(18)12-10-11-15-35)25-24-19(2)20(3)38-27(24)34(29(7,8)32)26(31)22(33-25)16-23(36)37-28(4,5)6/h13,18,22,31,35H,11,14-17,32H2,1-9H3/p+1/t18?,22-,30?/m0/s1. The molecule has 0 amide bonds. The fourth-order valence-corrected chi connectivity index (χ4v) is 6.66. The Hall–Kier alpha value is -2.47. The minimum absolute atomic E-state index is 0.0332. The quantitative estimate of drug-likeness (QED) is 0.284. The topological polar surface area (TPSA) is 114 Å². The number of ether oxygens (including phenoxy) is 1. The van der Waals surface area contributed by atoms with Crippen molar-refractivity contribution in [3.05, 3.63) is 27.7 Å². The van der Waals surface area contributed by atoms with Gasteiger partial charge in [-0.05, 0) is 72.8 Å². The number of nitrogens with zero attached hydrogens (tertiary/aromatic N) is 2. The minimum Gasteiger partial charge on any atom is -0.460 e. The van der Waals surface area contributed by atoms with E-state index in [4.69, 9.17) is 26.3 Å². The van der Waals surface area contributed by atoms with Crippen molar-refractivity contribution in [1.29, 1.82) is 0 Å².